The van der Waals surface area contributed by atoms with Crippen LogP contribution in [-0.2, 0) is 11.3 Å². The lowest BCUT2D eigenvalue weighted by atomic mass is 10.1. The van der Waals surface area contributed by atoms with Crippen LogP contribution in [0.1, 0.15) is 25.0 Å². The highest BCUT2D eigenvalue weighted by molar-refractivity contribution is 14.0. The number of amides is 1. The van der Waals surface area contributed by atoms with Crippen molar-refractivity contribution < 1.29 is 4.79 Å². The number of halogens is 1. The molecule has 1 heterocycles. The largest absolute Gasteiger partial charge is 0.357 e. The second-order valence-corrected chi connectivity index (χ2v) is 6.87. The molecule has 1 aliphatic heterocycles. The van der Waals surface area contributed by atoms with Gasteiger partial charge in [0.25, 0.3) is 0 Å². The Balaban J connectivity index is 0.00000364. The van der Waals surface area contributed by atoms with Gasteiger partial charge in [-0.3, -0.25) is 14.7 Å². The highest BCUT2D eigenvalue weighted by atomic mass is 127. The number of hydrogen-bond donors (Lipinski definition) is 1. The van der Waals surface area contributed by atoms with Crippen LogP contribution in [0.2, 0.25) is 0 Å². The molecule has 1 aliphatic rings. The molecule has 1 fully saturated rings. The summed E-state index contributed by atoms with van der Waals surface area (Å²) in [7, 11) is 2.08. The van der Waals surface area contributed by atoms with E-state index in [0.29, 0.717) is 0 Å². The molecular weight excluding hydrogens is 453 g/mol. The van der Waals surface area contributed by atoms with Gasteiger partial charge in [-0.25, -0.2) is 0 Å². The van der Waals surface area contributed by atoms with Gasteiger partial charge in [-0.05, 0) is 25.0 Å². The zero-order valence-corrected chi connectivity index (χ0v) is 19.4. The Hall–Kier alpha value is -1.35. The first kappa shape index (κ1) is 23.7. The van der Waals surface area contributed by atoms with Crippen LogP contribution in [0, 0.1) is 6.92 Å². The van der Waals surface area contributed by atoms with Gasteiger partial charge in [0, 0.05) is 59.8 Å². The molecule has 0 spiro atoms. The minimum Gasteiger partial charge on any atom is -0.357 e. The number of guanidine groups is 1. The maximum atomic E-state index is 11.4. The third kappa shape index (κ3) is 7.65. The van der Waals surface area contributed by atoms with Gasteiger partial charge in [-0.2, -0.15) is 0 Å². The number of benzene rings is 1. The van der Waals surface area contributed by atoms with Crippen molar-refractivity contribution in [2.45, 2.75) is 27.3 Å². The van der Waals surface area contributed by atoms with E-state index in [9.17, 15) is 4.79 Å². The van der Waals surface area contributed by atoms with Gasteiger partial charge in [0.1, 0.15) is 0 Å². The Morgan fingerprint density at radius 3 is 2.48 bits per heavy atom. The molecule has 1 aromatic rings. The summed E-state index contributed by atoms with van der Waals surface area (Å²) in [4.78, 5) is 22.7. The van der Waals surface area contributed by atoms with Crippen molar-refractivity contribution in [1.82, 2.24) is 20.0 Å². The monoisotopic (exact) mass is 487 g/mol. The smallest absolute Gasteiger partial charge is 0.219 e. The summed E-state index contributed by atoms with van der Waals surface area (Å²) in [6.07, 6.45) is 0. The van der Waals surface area contributed by atoms with E-state index in [1.165, 1.54) is 11.1 Å². The van der Waals surface area contributed by atoms with Crippen molar-refractivity contribution in [3.8, 4) is 0 Å². The Labute approximate surface area is 181 Å². The molecule has 0 aliphatic carbocycles. The van der Waals surface area contributed by atoms with Gasteiger partial charge in [-0.1, -0.05) is 24.3 Å². The van der Waals surface area contributed by atoms with Crippen LogP contribution in [0.5, 0.6) is 0 Å². The quantitative estimate of drug-likeness (QED) is 0.380. The Kier molecular flexibility index (Phi) is 10.7. The fourth-order valence-corrected chi connectivity index (χ4v) is 3.17. The molecule has 1 amide bonds. The summed E-state index contributed by atoms with van der Waals surface area (Å²) in [6, 6.07) is 8.47. The third-order valence-electron chi connectivity index (χ3n) is 4.86. The molecule has 27 heavy (non-hydrogen) atoms. The van der Waals surface area contributed by atoms with Gasteiger partial charge in [0.2, 0.25) is 5.91 Å². The number of aliphatic imine (C=N–C) groups is 1. The number of nitrogens with zero attached hydrogens (tertiary/aromatic N) is 4. The summed E-state index contributed by atoms with van der Waals surface area (Å²) < 4.78 is 0. The molecule has 2 rings (SSSR count). The van der Waals surface area contributed by atoms with E-state index in [-0.39, 0.29) is 29.9 Å². The zero-order chi connectivity index (χ0) is 18.9. The van der Waals surface area contributed by atoms with E-state index < -0.39 is 0 Å². The Morgan fingerprint density at radius 2 is 1.89 bits per heavy atom. The minimum absolute atomic E-state index is 0. The first-order valence-electron chi connectivity index (χ1n) is 9.53. The first-order chi connectivity index (χ1) is 12.5. The Morgan fingerprint density at radius 1 is 1.22 bits per heavy atom. The number of rotatable bonds is 6. The van der Waals surface area contributed by atoms with Crippen molar-refractivity contribution in [2.75, 3.05) is 52.9 Å². The Bertz CT molecular complexity index is 614. The first-order valence-corrected chi connectivity index (χ1v) is 9.53. The highest BCUT2D eigenvalue weighted by Gasteiger charge is 2.18. The molecule has 0 saturated carbocycles. The molecule has 6 nitrogen and oxygen atoms in total. The minimum atomic E-state index is 0. The van der Waals surface area contributed by atoms with E-state index in [1.54, 1.807) is 6.92 Å². The van der Waals surface area contributed by atoms with Crippen molar-refractivity contribution in [3.63, 3.8) is 0 Å². The summed E-state index contributed by atoms with van der Waals surface area (Å²) in [5.41, 5.74) is 2.62. The molecule has 7 heteroatoms. The molecule has 0 aromatic heterocycles. The number of carbonyl (C=O) groups is 1. The number of piperazine rings is 1. The molecule has 0 atom stereocenters. The van der Waals surface area contributed by atoms with Crippen LogP contribution < -0.4 is 5.32 Å². The van der Waals surface area contributed by atoms with E-state index in [1.807, 2.05) is 4.90 Å². The van der Waals surface area contributed by atoms with Crippen LogP contribution >= 0.6 is 24.0 Å². The lowest BCUT2D eigenvalue weighted by molar-refractivity contribution is -0.130. The highest BCUT2D eigenvalue weighted by Crippen LogP contribution is 2.09. The van der Waals surface area contributed by atoms with E-state index in [2.05, 4.69) is 60.3 Å². The van der Waals surface area contributed by atoms with Gasteiger partial charge in [0.05, 0.1) is 6.54 Å². The number of nitrogens with one attached hydrogen (secondary N) is 1. The maximum Gasteiger partial charge on any atom is 0.219 e. The molecular formula is C20H34IN5O. The molecule has 0 radical (unpaired) electrons. The normalized spacial score (nSPS) is 15.3. The molecule has 152 valence electrons. The number of aryl methyl sites for hydroxylation is 1. The molecule has 0 bridgehead atoms. The summed E-state index contributed by atoms with van der Waals surface area (Å²) in [6.45, 7) is 12.8. The van der Waals surface area contributed by atoms with Gasteiger partial charge < -0.3 is 15.1 Å². The summed E-state index contributed by atoms with van der Waals surface area (Å²) >= 11 is 0. The van der Waals surface area contributed by atoms with Crippen LogP contribution in [0.4, 0.5) is 0 Å². The predicted octanol–water partition coefficient (Wildman–Crippen LogP) is 2.17. The zero-order valence-electron chi connectivity index (χ0n) is 17.1. The average molecular weight is 487 g/mol. The molecule has 1 N–H and O–H groups in total. The predicted molar refractivity (Wildman–Crippen MR) is 123 cm³/mol. The second kappa shape index (κ2) is 12.2. The number of hydrogen-bond acceptors (Lipinski definition) is 3. The van der Waals surface area contributed by atoms with Crippen LogP contribution in [0.3, 0.4) is 0 Å². The lowest BCUT2D eigenvalue weighted by Crippen LogP contribution is -2.48. The van der Waals surface area contributed by atoms with Gasteiger partial charge in [0.15, 0.2) is 5.96 Å². The molecule has 1 saturated heterocycles. The summed E-state index contributed by atoms with van der Waals surface area (Å²) in [5.74, 6) is 1.12. The third-order valence-corrected chi connectivity index (χ3v) is 4.86. The van der Waals surface area contributed by atoms with Crippen LogP contribution in [0.15, 0.2) is 29.3 Å². The van der Waals surface area contributed by atoms with Gasteiger partial charge >= 0.3 is 0 Å². The fraction of sp³-hybridized carbons (Fsp3) is 0.600. The van der Waals surface area contributed by atoms with Crippen molar-refractivity contribution in [1.29, 1.82) is 0 Å². The van der Waals surface area contributed by atoms with Crippen LogP contribution in [-0.4, -0.2) is 79.4 Å². The van der Waals surface area contributed by atoms with Gasteiger partial charge in [-0.15, -0.1) is 24.0 Å². The fourth-order valence-electron chi connectivity index (χ4n) is 3.17. The lowest BCUT2D eigenvalue weighted by Gasteiger charge is -2.33. The molecule has 0 unspecified atom stereocenters. The topological polar surface area (TPSA) is 51.2 Å². The average Bonchev–Trinajstić information content (AvgIpc) is 2.63. The molecule has 1 aromatic carbocycles. The van der Waals surface area contributed by atoms with E-state index in [4.69, 9.17) is 4.99 Å². The van der Waals surface area contributed by atoms with Crippen LogP contribution in [0.25, 0.3) is 0 Å². The number of carbonyl (C=O) groups excluding carboxylic acids is 1. The standard InChI is InChI=1S/C20H33N5O.HI/c1-5-21-20(23(4)16-19-9-7-6-8-17(19)2)22-10-11-24-12-14-25(15-13-24)18(3)26;/h6-9H,5,10-16H2,1-4H3,(H,21,22);1H. The maximum absolute atomic E-state index is 11.4. The second-order valence-electron chi connectivity index (χ2n) is 6.87. The van der Waals surface area contributed by atoms with Crippen molar-refractivity contribution >= 4 is 35.8 Å². The summed E-state index contributed by atoms with van der Waals surface area (Å²) in [5, 5.41) is 3.39. The van der Waals surface area contributed by atoms with E-state index in [0.717, 1.165) is 58.3 Å². The SMILES string of the molecule is CCNC(=NCCN1CCN(C(C)=O)CC1)N(C)Cc1ccccc1C.I. The van der Waals surface area contributed by atoms with Crippen molar-refractivity contribution in [3.05, 3.63) is 35.4 Å². The van der Waals surface area contributed by atoms with E-state index >= 15 is 0 Å². The van der Waals surface area contributed by atoms with Crippen molar-refractivity contribution in [2.24, 2.45) is 4.99 Å².